The second-order valence-corrected chi connectivity index (χ2v) is 5.32. The van der Waals surface area contributed by atoms with Gasteiger partial charge in [-0.3, -0.25) is 4.90 Å². The molecule has 1 aromatic rings. The van der Waals surface area contributed by atoms with Crippen molar-refractivity contribution >= 4 is 0 Å². The van der Waals surface area contributed by atoms with Gasteiger partial charge in [0.05, 0.1) is 11.6 Å². The molecule has 3 nitrogen and oxygen atoms in total. The minimum absolute atomic E-state index is 0.623. The van der Waals surface area contributed by atoms with Crippen molar-refractivity contribution in [3.63, 3.8) is 0 Å². The van der Waals surface area contributed by atoms with Crippen LogP contribution in [0.3, 0.4) is 0 Å². The lowest BCUT2D eigenvalue weighted by Gasteiger charge is -2.37. The van der Waals surface area contributed by atoms with E-state index in [-0.39, 0.29) is 0 Å². The summed E-state index contributed by atoms with van der Waals surface area (Å²) in [5.74, 6) is 0. The summed E-state index contributed by atoms with van der Waals surface area (Å²) >= 11 is 0. The summed E-state index contributed by atoms with van der Waals surface area (Å²) in [6.07, 6.45) is 0. The third-order valence-electron chi connectivity index (χ3n) is 3.91. The van der Waals surface area contributed by atoms with Crippen molar-refractivity contribution in [1.82, 2.24) is 9.80 Å². The molecule has 1 aliphatic rings. The first-order valence-electron chi connectivity index (χ1n) is 6.52. The SMILES string of the molecule is Cc1cc(C#N)ccc1CN1CCN(C)C(C)C1. The van der Waals surface area contributed by atoms with Gasteiger partial charge in [-0.2, -0.15) is 5.26 Å². The molecule has 3 heteroatoms. The lowest BCUT2D eigenvalue weighted by atomic mass is 10.0. The molecule has 18 heavy (non-hydrogen) atoms. The predicted molar refractivity (Wildman–Crippen MR) is 73.3 cm³/mol. The maximum Gasteiger partial charge on any atom is 0.0991 e. The zero-order valence-electron chi connectivity index (χ0n) is 11.5. The number of aryl methyl sites for hydroxylation is 1. The van der Waals surface area contributed by atoms with Crippen LogP contribution in [-0.2, 0) is 6.54 Å². The Bertz CT molecular complexity index is 461. The Morgan fingerprint density at radius 2 is 2.17 bits per heavy atom. The molecule has 1 aliphatic heterocycles. The fourth-order valence-corrected chi connectivity index (χ4v) is 2.45. The van der Waals surface area contributed by atoms with E-state index in [1.807, 2.05) is 12.1 Å². The second kappa shape index (κ2) is 5.51. The van der Waals surface area contributed by atoms with Crippen LogP contribution in [0.4, 0.5) is 0 Å². The molecule has 0 spiro atoms. The van der Waals surface area contributed by atoms with Crippen molar-refractivity contribution in [2.24, 2.45) is 0 Å². The number of benzene rings is 1. The summed E-state index contributed by atoms with van der Waals surface area (Å²) in [6.45, 7) is 8.75. The number of nitrogens with zero attached hydrogens (tertiary/aromatic N) is 3. The monoisotopic (exact) mass is 243 g/mol. The Morgan fingerprint density at radius 1 is 1.39 bits per heavy atom. The standard InChI is InChI=1S/C15H21N3/c1-12-8-14(9-16)4-5-15(12)11-18-7-6-17(3)13(2)10-18/h4-5,8,13H,6-7,10-11H2,1-3H3. The highest BCUT2D eigenvalue weighted by molar-refractivity contribution is 5.37. The molecule has 1 fully saturated rings. The Labute approximate surface area is 110 Å². The lowest BCUT2D eigenvalue weighted by molar-refractivity contribution is 0.0998. The maximum atomic E-state index is 8.87. The normalized spacial score (nSPS) is 21.8. The lowest BCUT2D eigenvalue weighted by Crippen LogP contribution is -2.49. The van der Waals surface area contributed by atoms with Crippen LogP contribution < -0.4 is 0 Å². The highest BCUT2D eigenvalue weighted by Crippen LogP contribution is 2.16. The van der Waals surface area contributed by atoms with E-state index in [0.717, 1.165) is 31.7 Å². The summed E-state index contributed by atoms with van der Waals surface area (Å²) in [4.78, 5) is 4.90. The first-order chi connectivity index (χ1) is 8.60. The average molecular weight is 243 g/mol. The molecule has 0 aliphatic carbocycles. The Hall–Kier alpha value is -1.37. The highest BCUT2D eigenvalue weighted by atomic mass is 15.3. The van der Waals surface area contributed by atoms with Gasteiger partial charge in [0.15, 0.2) is 0 Å². The van der Waals surface area contributed by atoms with Crippen LogP contribution in [0.15, 0.2) is 18.2 Å². The molecule has 96 valence electrons. The summed E-state index contributed by atoms with van der Waals surface area (Å²) in [7, 11) is 2.19. The topological polar surface area (TPSA) is 30.3 Å². The van der Waals surface area contributed by atoms with Gasteiger partial charge >= 0.3 is 0 Å². The van der Waals surface area contributed by atoms with E-state index in [0.29, 0.717) is 6.04 Å². The van der Waals surface area contributed by atoms with Crippen LogP contribution in [0.1, 0.15) is 23.6 Å². The van der Waals surface area contributed by atoms with Crippen LogP contribution >= 0.6 is 0 Å². The van der Waals surface area contributed by atoms with Crippen LogP contribution in [0.25, 0.3) is 0 Å². The van der Waals surface area contributed by atoms with Gasteiger partial charge in [-0.15, -0.1) is 0 Å². The van der Waals surface area contributed by atoms with Crippen molar-refractivity contribution in [3.05, 3.63) is 34.9 Å². The number of hydrogen-bond donors (Lipinski definition) is 0. The second-order valence-electron chi connectivity index (χ2n) is 5.32. The van der Waals surface area contributed by atoms with Crippen molar-refractivity contribution in [2.45, 2.75) is 26.4 Å². The number of hydrogen-bond acceptors (Lipinski definition) is 3. The van der Waals surface area contributed by atoms with E-state index < -0.39 is 0 Å². The molecule has 0 aromatic heterocycles. The Kier molecular flexibility index (Phi) is 4.00. The zero-order valence-corrected chi connectivity index (χ0v) is 11.5. The number of nitriles is 1. The molecule has 1 saturated heterocycles. The fraction of sp³-hybridized carbons (Fsp3) is 0.533. The molecule has 0 amide bonds. The van der Waals surface area contributed by atoms with Crippen molar-refractivity contribution in [2.75, 3.05) is 26.7 Å². The van der Waals surface area contributed by atoms with E-state index in [2.05, 4.69) is 42.8 Å². The number of piperazine rings is 1. The number of likely N-dealkylation sites (N-methyl/N-ethyl adjacent to an activating group) is 1. The quantitative estimate of drug-likeness (QED) is 0.796. The largest absolute Gasteiger partial charge is 0.301 e. The minimum Gasteiger partial charge on any atom is -0.301 e. The van der Waals surface area contributed by atoms with E-state index in [9.17, 15) is 0 Å². The summed E-state index contributed by atoms with van der Waals surface area (Å²) in [6, 6.07) is 8.81. The van der Waals surface area contributed by atoms with E-state index in [1.54, 1.807) is 0 Å². The van der Waals surface area contributed by atoms with E-state index in [1.165, 1.54) is 11.1 Å². The van der Waals surface area contributed by atoms with Crippen LogP contribution in [-0.4, -0.2) is 42.5 Å². The average Bonchev–Trinajstić information content (AvgIpc) is 2.36. The molecule has 0 saturated carbocycles. The molecule has 0 radical (unpaired) electrons. The molecule has 2 rings (SSSR count). The van der Waals surface area contributed by atoms with E-state index >= 15 is 0 Å². The maximum absolute atomic E-state index is 8.87. The molecule has 1 aromatic carbocycles. The fourth-order valence-electron chi connectivity index (χ4n) is 2.45. The van der Waals surface area contributed by atoms with Crippen molar-refractivity contribution in [3.8, 4) is 6.07 Å². The highest BCUT2D eigenvalue weighted by Gasteiger charge is 2.20. The predicted octanol–water partition coefficient (Wildman–Crippen LogP) is 2.00. The van der Waals surface area contributed by atoms with Crippen LogP contribution in [0, 0.1) is 18.3 Å². The summed E-state index contributed by atoms with van der Waals surface area (Å²) < 4.78 is 0. The molecular formula is C15H21N3. The van der Waals surface area contributed by atoms with Gasteiger partial charge in [0, 0.05) is 32.2 Å². The first kappa shape index (κ1) is 13.1. The smallest absolute Gasteiger partial charge is 0.0991 e. The molecular weight excluding hydrogens is 222 g/mol. The third-order valence-corrected chi connectivity index (χ3v) is 3.91. The molecule has 0 N–H and O–H groups in total. The van der Waals surface area contributed by atoms with Gasteiger partial charge in [0.2, 0.25) is 0 Å². The van der Waals surface area contributed by atoms with Crippen LogP contribution in [0.5, 0.6) is 0 Å². The molecule has 1 unspecified atom stereocenters. The molecule has 1 heterocycles. The van der Waals surface area contributed by atoms with Gasteiger partial charge in [-0.1, -0.05) is 6.07 Å². The van der Waals surface area contributed by atoms with Crippen molar-refractivity contribution in [1.29, 1.82) is 5.26 Å². The van der Waals surface area contributed by atoms with Crippen molar-refractivity contribution < 1.29 is 0 Å². The first-order valence-corrected chi connectivity index (χ1v) is 6.52. The van der Waals surface area contributed by atoms with Gasteiger partial charge in [-0.25, -0.2) is 0 Å². The van der Waals surface area contributed by atoms with Gasteiger partial charge < -0.3 is 4.90 Å². The Morgan fingerprint density at radius 3 is 2.78 bits per heavy atom. The van der Waals surface area contributed by atoms with E-state index in [4.69, 9.17) is 5.26 Å². The zero-order chi connectivity index (χ0) is 13.1. The van der Waals surface area contributed by atoms with Gasteiger partial charge in [0.1, 0.15) is 0 Å². The minimum atomic E-state index is 0.623. The molecule has 1 atom stereocenters. The summed E-state index contributed by atoms with van der Waals surface area (Å²) in [5.41, 5.74) is 3.31. The third kappa shape index (κ3) is 2.90. The van der Waals surface area contributed by atoms with Gasteiger partial charge in [-0.05, 0) is 44.2 Å². The van der Waals surface area contributed by atoms with Crippen LogP contribution in [0.2, 0.25) is 0 Å². The number of rotatable bonds is 2. The summed E-state index contributed by atoms with van der Waals surface area (Å²) in [5, 5.41) is 8.87. The Balaban J connectivity index is 2.04. The molecule has 0 bridgehead atoms. The van der Waals surface area contributed by atoms with Gasteiger partial charge in [0.25, 0.3) is 0 Å².